The molecule has 2 aromatic rings. The van der Waals surface area contributed by atoms with Gasteiger partial charge in [0.2, 0.25) is 17.7 Å². The number of carboxylic acids is 1. The summed E-state index contributed by atoms with van der Waals surface area (Å²) in [5.41, 5.74) is 6.71. The molecular formula is C22H30N6O5. The lowest BCUT2D eigenvalue weighted by molar-refractivity contribution is -0.142. The molecule has 3 unspecified atom stereocenters. The van der Waals surface area contributed by atoms with Crippen molar-refractivity contribution >= 4 is 23.7 Å². The average Bonchev–Trinajstić information content (AvgIpc) is 3.29. The highest BCUT2D eigenvalue weighted by Gasteiger charge is 2.31. The van der Waals surface area contributed by atoms with Gasteiger partial charge in [-0.1, -0.05) is 44.2 Å². The number of rotatable bonds is 12. The number of nitrogens with two attached hydrogens (primary N) is 1. The van der Waals surface area contributed by atoms with Crippen molar-refractivity contribution in [2.75, 3.05) is 6.54 Å². The maximum atomic E-state index is 13.0. The van der Waals surface area contributed by atoms with Gasteiger partial charge >= 0.3 is 5.97 Å². The Kier molecular flexibility index (Phi) is 9.55. The van der Waals surface area contributed by atoms with Gasteiger partial charge < -0.3 is 31.8 Å². The molecule has 0 bridgehead atoms. The van der Waals surface area contributed by atoms with Crippen LogP contribution in [0.2, 0.25) is 0 Å². The molecule has 11 nitrogen and oxygen atoms in total. The molecule has 1 aromatic carbocycles. The van der Waals surface area contributed by atoms with Crippen molar-refractivity contribution in [1.82, 2.24) is 25.9 Å². The minimum atomic E-state index is -1.19. The molecule has 0 fully saturated rings. The molecule has 0 aliphatic heterocycles. The van der Waals surface area contributed by atoms with Crippen LogP contribution in [-0.2, 0) is 32.0 Å². The van der Waals surface area contributed by atoms with Crippen molar-refractivity contribution in [3.05, 3.63) is 54.1 Å². The fourth-order valence-corrected chi connectivity index (χ4v) is 3.18. The van der Waals surface area contributed by atoms with Crippen LogP contribution in [0.3, 0.4) is 0 Å². The highest BCUT2D eigenvalue weighted by Crippen LogP contribution is 2.08. The van der Waals surface area contributed by atoms with Gasteiger partial charge in [-0.3, -0.25) is 14.4 Å². The second-order valence-corrected chi connectivity index (χ2v) is 7.92. The number of benzene rings is 1. The molecule has 0 spiro atoms. The minimum absolute atomic E-state index is 0.0929. The Morgan fingerprint density at radius 1 is 1.00 bits per heavy atom. The number of carbonyl (C=O) groups is 4. The summed E-state index contributed by atoms with van der Waals surface area (Å²) in [6.45, 7) is 3.14. The van der Waals surface area contributed by atoms with Gasteiger partial charge in [0, 0.05) is 24.7 Å². The number of carbonyl (C=O) groups excluding carboxylic acids is 3. The Hall–Kier alpha value is -3.73. The molecule has 0 saturated carbocycles. The quantitative estimate of drug-likeness (QED) is 0.244. The Bertz CT molecular complexity index is 932. The normalized spacial score (nSPS) is 13.6. The van der Waals surface area contributed by atoms with Crippen molar-refractivity contribution in [3.8, 4) is 0 Å². The van der Waals surface area contributed by atoms with Crippen molar-refractivity contribution in [2.24, 2.45) is 11.7 Å². The Morgan fingerprint density at radius 2 is 1.70 bits per heavy atom. The summed E-state index contributed by atoms with van der Waals surface area (Å²) in [6.07, 6.45) is 3.16. The lowest BCUT2D eigenvalue weighted by Gasteiger charge is -2.26. The fraction of sp³-hybridized carbons (Fsp3) is 0.409. The molecule has 0 radical (unpaired) electrons. The van der Waals surface area contributed by atoms with Gasteiger partial charge in [0.15, 0.2) is 0 Å². The number of nitrogens with zero attached hydrogens (tertiary/aromatic N) is 1. The monoisotopic (exact) mass is 458 g/mol. The number of carboxylic acid groups (broad SMARTS) is 1. The van der Waals surface area contributed by atoms with E-state index in [2.05, 4.69) is 25.9 Å². The second-order valence-electron chi connectivity index (χ2n) is 7.92. The molecule has 1 heterocycles. The maximum absolute atomic E-state index is 13.0. The highest BCUT2D eigenvalue weighted by molar-refractivity contribution is 5.93. The van der Waals surface area contributed by atoms with E-state index in [1.807, 2.05) is 6.07 Å². The lowest BCUT2D eigenvalue weighted by atomic mass is 10.0. The summed E-state index contributed by atoms with van der Waals surface area (Å²) in [6, 6.07) is 5.71. The molecule has 1 aromatic heterocycles. The third-order valence-electron chi connectivity index (χ3n) is 4.96. The standard InChI is InChI=1S/C22H30N6O5/c1-13(2)19(21(31)27-17(22(32)33)8-14-6-4-3-5-7-14)28-20(30)16(26-18(29)10-23)9-15-11-24-12-25-15/h3-7,11-13,16-17,19H,8-10,23H2,1-2H3,(H,24,25)(H,26,29)(H,27,31)(H,28,30)(H,32,33). The second kappa shape index (κ2) is 12.3. The third kappa shape index (κ3) is 8.04. The molecule has 2 rings (SSSR count). The number of aromatic nitrogens is 2. The fourth-order valence-electron chi connectivity index (χ4n) is 3.18. The SMILES string of the molecule is CC(C)C(NC(=O)C(Cc1cnc[nH]1)NC(=O)CN)C(=O)NC(Cc1ccccc1)C(=O)O. The van der Waals surface area contributed by atoms with Crippen molar-refractivity contribution in [1.29, 1.82) is 0 Å². The van der Waals surface area contributed by atoms with Crippen LogP contribution in [0.15, 0.2) is 42.9 Å². The van der Waals surface area contributed by atoms with Gasteiger partial charge in [-0.25, -0.2) is 9.78 Å². The number of H-pyrrole nitrogens is 1. The van der Waals surface area contributed by atoms with Crippen LogP contribution in [0.5, 0.6) is 0 Å². The van der Waals surface area contributed by atoms with Gasteiger partial charge in [0.1, 0.15) is 18.1 Å². The van der Waals surface area contributed by atoms with Crippen molar-refractivity contribution < 1.29 is 24.3 Å². The maximum Gasteiger partial charge on any atom is 0.326 e. The smallest absolute Gasteiger partial charge is 0.326 e. The van der Waals surface area contributed by atoms with Crippen molar-refractivity contribution in [2.45, 2.75) is 44.8 Å². The van der Waals surface area contributed by atoms with E-state index in [0.29, 0.717) is 5.69 Å². The summed E-state index contributed by atoms with van der Waals surface area (Å²) >= 11 is 0. The summed E-state index contributed by atoms with van der Waals surface area (Å²) in [5, 5.41) is 17.2. The molecule has 0 saturated heterocycles. The van der Waals surface area contributed by atoms with E-state index in [1.54, 1.807) is 38.1 Å². The van der Waals surface area contributed by atoms with Crippen LogP contribution in [0.1, 0.15) is 25.1 Å². The first-order valence-corrected chi connectivity index (χ1v) is 10.6. The van der Waals surface area contributed by atoms with E-state index in [1.165, 1.54) is 12.5 Å². The Morgan fingerprint density at radius 3 is 2.24 bits per heavy atom. The van der Waals surface area contributed by atoms with Gasteiger partial charge in [-0.2, -0.15) is 0 Å². The largest absolute Gasteiger partial charge is 0.480 e. The number of imidazole rings is 1. The van der Waals surface area contributed by atoms with E-state index >= 15 is 0 Å². The number of hydrogen-bond donors (Lipinski definition) is 6. The highest BCUT2D eigenvalue weighted by atomic mass is 16.4. The van der Waals surface area contributed by atoms with Gasteiger partial charge in [0.05, 0.1) is 12.9 Å². The predicted molar refractivity (Wildman–Crippen MR) is 120 cm³/mol. The number of hydrogen-bond acceptors (Lipinski definition) is 6. The van der Waals surface area contributed by atoms with Crippen molar-refractivity contribution in [3.63, 3.8) is 0 Å². The molecule has 3 atom stereocenters. The zero-order chi connectivity index (χ0) is 24.4. The molecule has 33 heavy (non-hydrogen) atoms. The van der Waals surface area contributed by atoms with Crippen LogP contribution >= 0.6 is 0 Å². The van der Waals surface area contributed by atoms with E-state index < -0.39 is 41.8 Å². The number of nitrogens with one attached hydrogen (secondary N) is 4. The van der Waals surface area contributed by atoms with E-state index in [0.717, 1.165) is 5.56 Å². The Labute approximate surface area is 191 Å². The van der Waals surface area contributed by atoms with Gasteiger partial charge in [-0.15, -0.1) is 0 Å². The van der Waals surface area contributed by atoms with Crippen LogP contribution in [0, 0.1) is 5.92 Å². The summed E-state index contributed by atoms with van der Waals surface area (Å²) in [5.74, 6) is -3.30. The molecule has 0 aliphatic carbocycles. The van der Waals surface area contributed by atoms with E-state index in [-0.39, 0.29) is 25.3 Å². The van der Waals surface area contributed by atoms with Crippen LogP contribution in [-0.4, -0.2) is 63.4 Å². The summed E-state index contributed by atoms with van der Waals surface area (Å²) in [4.78, 5) is 56.2. The molecule has 178 valence electrons. The van der Waals surface area contributed by atoms with E-state index in [9.17, 15) is 24.3 Å². The first kappa shape index (κ1) is 25.5. The number of amides is 3. The van der Waals surface area contributed by atoms with Gasteiger partial charge in [0.25, 0.3) is 0 Å². The molecule has 7 N–H and O–H groups in total. The zero-order valence-electron chi connectivity index (χ0n) is 18.6. The van der Waals surface area contributed by atoms with Crippen LogP contribution in [0.25, 0.3) is 0 Å². The first-order chi connectivity index (χ1) is 15.7. The zero-order valence-corrected chi connectivity index (χ0v) is 18.6. The van der Waals surface area contributed by atoms with Crippen LogP contribution < -0.4 is 21.7 Å². The van der Waals surface area contributed by atoms with E-state index in [4.69, 9.17) is 5.73 Å². The molecule has 0 aliphatic rings. The predicted octanol–water partition coefficient (Wildman–Crippen LogP) is -0.651. The number of aromatic amines is 1. The minimum Gasteiger partial charge on any atom is -0.480 e. The van der Waals surface area contributed by atoms with Crippen LogP contribution in [0.4, 0.5) is 0 Å². The summed E-state index contributed by atoms with van der Waals surface area (Å²) in [7, 11) is 0. The Balaban J connectivity index is 2.12. The lowest BCUT2D eigenvalue weighted by Crippen LogP contribution is -2.58. The molecular weight excluding hydrogens is 428 g/mol. The average molecular weight is 459 g/mol. The van der Waals surface area contributed by atoms with Gasteiger partial charge in [-0.05, 0) is 11.5 Å². The topological polar surface area (TPSA) is 179 Å². The number of aliphatic carboxylic acids is 1. The molecule has 3 amide bonds. The molecule has 11 heteroatoms. The third-order valence-corrected chi connectivity index (χ3v) is 4.96. The summed E-state index contributed by atoms with van der Waals surface area (Å²) < 4.78 is 0. The first-order valence-electron chi connectivity index (χ1n) is 10.6.